The molecule has 0 atom stereocenters. The predicted octanol–water partition coefficient (Wildman–Crippen LogP) is 10.9. The Bertz CT molecular complexity index is 2170. The molecular formula is C44H62F2N8O3Si2. The van der Waals surface area contributed by atoms with E-state index in [0.29, 0.717) is 31.4 Å². The summed E-state index contributed by atoms with van der Waals surface area (Å²) in [5.74, 6) is -1.39. The van der Waals surface area contributed by atoms with Crippen LogP contribution in [0.1, 0.15) is 76.9 Å². The fraction of sp³-hybridized carbons (Fsp3) is 0.409. The van der Waals surface area contributed by atoms with Crippen molar-refractivity contribution in [2.24, 2.45) is 10.9 Å². The van der Waals surface area contributed by atoms with Crippen molar-refractivity contribution in [2.45, 2.75) is 105 Å². The summed E-state index contributed by atoms with van der Waals surface area (Å²) in [6.45, 7) is 28.1. The van der Waals surface area contributed by atoms with Gasteiger partial charge in [0, 0.05) is 24.2 Å². The fourth-order valence-corrected chi connectivity index (χ4v) is 6.78. The highest BCUT2D eigenvalue weighted by Gasteiger charge is 2.38. The van der Waals surface area contributed by atoms with E-state index in [1.165, 1.54) is 11.6 Å². The van der Waals surface area contributed by atoms with Gasteiger partial charge in [-0.25, -0.2) is 8.78 Å². The third-order valence-electron chi connectivity index (χ3n) is 10.8. The molecule has 5 aromatic rings. The van der Waals surface area contributed by atoms with E-state index in [2.05, 4.69) is 128 Å². The van der Waals surface area contributed by atoms with Crippen LogP contribution >= 0.6 is 0 Å². The molecule has 1 amide bonds. The van der Waals surface area contributed by atoms with Crippen LogP contribution in [0.25, 0.3) is 22.5 Å². The number of nitrogens with one attached hydrogen (secondary N) is 4. The minimum Gasteiger partial charge on any atom is -0.413 e. The number of guanidine groups is 1. The minimum absolute atomic E-state index is 0.0247. The van der Waals surface area contributed by atoms with E-state index in [0.717, 1.165) is 40.2 Å². The first-order valence-electron chi connectivity index (χ1n) is 19.8. The van der Waals surface area contributed by atoms with Crippen molar-refractivity contribution in [3.05, 3.63) is 107 Å². The molecule has 0 saturated carbocycles. The summed E-state index contributed by atoms with van der Waals surface area (Å²) < 4.78 is 39.4. The molecule has 318 valence electrons. The number of halogens is 2. The van der Waals surface area contributed by atoms with Gasteiger partial charge in [-0.1, -0.05) is 104 Å². The maximum absolute atomic E-state index is 13.6. The lowest BCUT2D eigenvalue weighted by atomic mass is 10.1. The number of carbonyl (C=O) groups excluding carboxylic acids is 1. The first-order chi connectivity index (χ1) is 27.4. The molecule has 3 aromatic carbocycles. The molecule has 6 N–H and O–H groups in total. The Morgan fingerprint density at radius 1 is 0.746 bits per heavy atom. The van der Waals surface area contributed by atoms with Crippen LogP contribution in [0.4, 0.5) is 20.4 Å². The normalized spacial score (nSPS) is 12.6. The summed E-state index contributed by atoms with van der Waals surface area (Å²) in [5, 5.41) is 20.2. The molecule has 15 heteroatoms. The summed E-state index contributed by atoms with van der Waals surface area (Å²) in [4.78, 5) is 17.0. The molecule has 11 nitrogen and oxygen atoms in total. The lowest BCUT2D eigenvalue weighted by Gasteiger charge is -2.36. The summed E-state index contributed by atoms with van der Waals surface area (Å²) in [7, 11) is -3.53. The molecule has 0 unspecified atom stereocenters. The molecule has 0 aliphatic heterocycles. The molecule has 0 saturated heterocycles. The molecule has 0 spiro atoms. The SMILES string of the molecule is CC(C)(C)[Si](C)(C)OCc1ccc(-c2cc(N)n[nH]2)cc1.CC(C)CN=C(NC(=O)c1ccc(F)c(F)c1)Nc1cc(-c2ccc(CO[Si](C)(C)C(C)(C)C)cc2)[nH]n1. The first-order valence-corrected chi connectivity index (χ1v) is 25.7. The Labute approximate surface area is 350 Å². The number of carbonyl (C=O) groups is 1. The quantitative estimate of drug-likeness (QED) is 0.0476. The highest BCUT2D eigenvalue weighted by atomic mass is 28.4. The number of aromatic nitrogens is 4. The van der Waals surface area contributed by atoms with Crippen LogP contribution in [0.3, 0.4) is 0 Å². The predicted molar refractivity (Wildman–Crippen MR) is 241 cm³/mol. The zero-order chi connectivity index (χ0) is 43.8. The lowest BCUT2D eigenvalue weighted by molar-refractivity contribution is 0.0976. The van der Waals surface area contributed by atoms with Crippen LogP contribution in [-0.2, 0) is 22.1 Å². The van der Waals surface area contributed by atoms with Crippen molar-refractivity contribution in [3.63, 3.8) is 0 Å². The van der Waals surface area contributed by atoms with Crippen LogP contribution in [-0.4, -0.2) is 55.4 Å². The Morgan fingerprint density at radius 2 is 1.24 bits per heavy atom. The van der Waals surface area contributed by atoms with Crippen LogP contribution in [0, 0.1) is 17.6 Å². The van der Waals surface area contributed by atoms with Gasteiger partial charge in [0.1, 0.15) is 5.82 Å². The monoisotopic (exact) mass is 844 g/mol. The number of nitrogens with zero attached hydrogens (tertiary/aromatic N) is 3. The standard InChI is InChI=1S/C28H37F2N5O2Si.C16H25N3OSi/c1-18(2)16-31-27(33-26(36)21-12-13-22(29)23(30)14-21)32-25-15-24(34-35-25)20-10-8-19(9-11-20)17-37-38(6,7)28(3,4)5;1-16(2,3)21(4,5)20-11-12-6-8-13(9-7-12)14-10-15(17)19-18-14/h8-15,18H,16-17H2,1-7H3,(H3,31,32,33,34,35,36);6-10H,11H2,1-5H3,(H3,17,18,19). The number of rotatable bonds is 12. The molecule has 0 fully saturated rings. The van der Waals surface area contributed by atoms with Gasteiger partial charge >= 0.3 is 0 Å². The Hall–Kier alpha value is -4.97. The smallest absolute Gasteiger partial charge is 0.258 e. The molecule has 0 aliphatic rings. The van der Waals surface area contributed by atoms with Gasteiger partial charge in [-0.15, -0.1) is 0 Å². The van der Waals surface area contributed by atoms with Gasteiger partial charge in [0.15, 0.2) is 34.1 Å². The molecule has 0 aliphatic carbocycles. The summed E-state index contributed by atoms with van der Waals surface area (Å²) in [6.07, 6.45) is 0. The van der Waals surface area contributed by atoms with Gasteiger partial charge in [-0.2, -0.15) is 10.2 Å². The Balaban J connectivity index is 0.000000308. The van der Waals surface area contributed by atoms with Crippen molar-refractivity contribution in [1.82, 2.24) is 25.7 Å². The molecule has 2 heterocycles. The van der Waals surface area contributed by atoms with Crippen LogP contribution in [0.5, 0.6) is 0 Å². The lowest BCUT2D eigenvalue weighted by Crippen LogP contribution is -2.40. The maximum Gasteiger partial charge on any atom is 0.258 e. The average molecular weight is 845 g/mol. The van der Waals surface area contributed by atoms with Crippen LogP contribution in [0.15, 0.2) is 83.9 Å². The maximum atomic E-state index is 13.6. The van der Waals surface area contributed by atoms with E-state index in [-0.39, 0.29) is 27.5 Å². The second-order valence-electron chi connectivity index (χ2n) is 18.2. The number of anilines is 2. The van der Waals surface area contributed by atoms with Gasteiger partial charge in [0.05, 0.1) is 24.6 Å². The van der Waals surface area contributed by atoms with Crippen molar-refractivity contribution >= 4 is 40.1 Å². The van der Waals surface area contributed by atoms with Crippen molar-refractivity contribution in [3.8, 4) is 22.5 Å². The number of amides is 1. The number of aliphatic imine (C=N–C) groups is 1. The minimum atomic E-state index is -1.83. The fourth-order valence-electron chi connectivity index (χ4n) is 4.86. The van der Waals surface area contributed by atoms with Gasteiger partial charge in [-0.3, -0.25) is 25.3 Å². The zero-order valence-electron chi connectivity index (χ0n) is 36.6. The van der Waals surface area contributed by atoms with E-state index >= 15 is 0 Å². The van der Waals surface area contributed by atoms with Crippen LogP contribution in [0.2, 0.25) is 36.3 Å². The third kappa shape index (κ3) is 13.5. The average Bonchev–Trinajstić information content (AvgIpc) is 3.82. The van der Waals surface area contributed by atoms with Gasteiger partial charge in [-0.05, 0) is 82.6 Å². The number of benzene rings is 3. The van der Waals surface area contributed by atoms with E-state index in [4.69, 9.17) is 14.6 Å². The van der Waals surface area contributed by atoms with E-state index in [1.807, 2.05) is 44.2 Å². The van der Waals surface area contributed by atoms with Crippen molar-refractivity contribution in [1.29, 1.82) is 0 Å². The third-order valence-corrected chi connectivity index (χ3v) is 19.7. The van der Waals surface area contributed by atoms with Crippen molar-refractivity contribution < 1.29 is 22.4 Å². The molecular weight excluding hydrogens is 783 g/mol. The summed E-state index contributed by atoms with van der Waals surface area (Å²) in [6, 6.07) is 23.0. The number of hydrogen-bond donors (Lipinski definition) is 5. The van der Waals surface area contributed by atoms with Crippen molar-refractivity contribution in [2.75, 3.05) is 17.6 Å². The highest BCUT2D eigenvalue weighted by Crippen LogP contribution is 2.38. The summed E-state index contributed by atoms with van der Waals surface area (Å²) >= 11 is 0. The second kappa shape index (κ2) is 19.4. The van der Waals surface area contributed by atoms with E-state index < -0.39 is 34.2 Å². The van der Waals surface area contributed by atoms with Gasteiger partial charge in [0.25, 0.3) is 5.91 Å². The first kappa shape index (κ1) is 46.7. The Morgan fingerprint density at radius 3 is 1.68 bits per heavy atom. The summed E-state index contributed by atoms with van der Waals surface area (Å²) in [5.41, 5.74) is 11.6. The van der Waals surface area contributed by atoms with Gasteiger partial charge in [0.2, 0.25) is 5.96 Å². The highest BCUT2D eigenvalue weighted by molar-refractivity contribution is 6.74. The molecule has 0 bridgehead atoms. The van der Waals surface area contributed by atoms with E-state index in [1.54, 1.807) is 6.07 Å². The zero-order valence-corrected chi connectivity index (χ0v) is 38.6. The molecule has 59 heavy (non-hydrogen) atoms. The van der Waals surface area contributed by atoms with Gasteiger partial charge < -0.3 is 19.9 Å². The van der Waals surface area contributed by atoms with Crippen LogP contribution < -0.4 is 16.4 Å². The molecule has 5 rings (SSSR count). The largest absolute Gasteiger partial charge is 0.413 e. The molecule has 2 aromatic heterocycles. The number of nitrogens with two attached hydrogens (primary N) is 1. The number of H-pyrrole nitrogens is 2. The Kier molecular flexibility index (Phi) is 15.4. The second-order valence-corrected chi connectivity index (χ2v) is 27.8. The van der Waals surface area contributed by atoms with E-state index in [9.17, 15) is 13.6 Å². The number of nitrogen functional groups attached to an aromatic ring is 1. The number of aromatic amines is 2. The topological polar surface area (TPSA) is 155 Å². The number of hydrogen-bond acceptors (Lipinski definition) is 7. The molecule has 0 radical (unpaired) electrons.